The summed E-state index contributed by atoms with van der Waals surface area (Å²) in [5.74, 6) is 0. The molecule has 0 fully saturated rings. The third-order valence-electron chi connectivity index (χ3n) is 4.09. The summed E-state index contributed by atoms with van der Waals surface area (Å²) in [5, 5.41) is 2.59. The molecule has 0 bridgehead atoms. The van der Waals surface area contributed by atoms with Crippen LogP contribution in [-0.4, -0.2) is 19.8 Å². The Morgan fingerprint density at radius 1 is 0.962 bits per heavy atom. The van der Waals surface area contributed by atoms with Crippen molar-refractivity contribution in [3.05, 3.63) is 71.6 Å². The molecule has 2 aromatic carbocycles. The molecule has 4 aromatic rings. The van der Waals surface area contributed by atoms with Crippen LogP contribution in [0.3, 0.4) is 0 Å². The number of hydrogen-bond donors (Lipinski definition) is 0. The molecule has 2 aromatic heterocycles. The first-order chi connectivity index (χ1) is 12.6. The summed E-state index contributed by atoms with van der Waals surface area (Å²) in [7, 11) is 0. The van der Waals surface area contributed by atoms with Gasteiger partial charge in [-0.25, -0.2) is 9.97 Å². The quantitative estimate of drug-likeness (QED) is 0.283. The maximum atomic E-state index is 4.62. The second kappa shape index (κ2) is 7.25. The van der Waals surface area contributed by atoms with Crippen LogP contribution in [-0.2, 0) is 0 Å². The lowest BCUT2D eigenvalue weighted by atomic mass is 10.1. The standard InChI is InChI=1S/C21H18BrN3S/c1-14(2)26-21-19-18(15-6-4-3-5-7-15)12-25(20(19)23-13-24-21)17-10-8-16(22)9-11-17/h3-14H,1-2H3. The van der Waals surface area contributed by atoms with Gasteiger partial charge in [-0.3, -0.25) is 0 Å². The number of fused-ring (bicyclic) bond motifs is 1. The average Bonchev–Trinajstić information content (AvgIpc) is 3.03. The minimum Gasteiger partial charge on any atom is -0.301 e. The van der Waals surface area contributed by atoms with Crippen molar-refractivity contribution in [2.45, 2.75) is 24.1 Å². The molecule has 0 aliphatic rings. The number of thioether (sulfide) groups is 1. The van der Waals surface area contributed by atoms with Gasteiger partial charge in [0.2, 0.25) is 0 Å². The van der Waals surface area contributed by atoms with Gasteiger partial charge in [-0.2, -0.15) is 0 Å². The van der Waals surface area contributed by atoms with E-state index < -0.39 is 0 Å². The van der Waals surface area contributed by atoms with Crippen LogP contribution < -0.4 is 0 Å². The lowest BCUT2D eigenvalue weighted by Gasteiger charge is -2.08. The Morgan fingerprint density at radius 3 is 2.38 bits per heavy atom. The lowest BCUT2D eigenvalue weighted by molar-refractivity contribution is 1.03. The number of nitrogens with zero attached hydrogens (tertiary/aromatic N) is 3. The largest absolute Gasteiger partial charge is 0.301 e. The Hall–Kier alpha value is -2.11. The molecule has 0 N–H and O–H groups in total. The van der Waals surface area contributed by atoms with Gasteiger partial charge in [-0.05, 0) is 29.8 Å². The third-order valence-corrected chi connectivity index (χ3v) is 5.62. The number of aromatic nitrogens is 3. The number of hydrogen-bond acceptors (Lipinski definition) is 3. The van der Waals surface area contributed by atoms with Crippen LogP contribution in [0, 0.1) is 0 Å². The summed E-state index contributed by atoms with van der Waals surface area (Å²) in [6.07, 6.45) is 3.83. The van der Waals surface area contributed by atoms with E-state index in [0.29, 0.717) is 5.25 Å². The smallest absolute Gasteiger partial charge is 0.149 e. The second-order valence-electron chi connectivity index (χ2n) is 6.30. The fraction of sp³-hybridized carbons (Fsp3) is 0.143. The lowest BCUT2D eigenvalue weighted by Crippen LogP contribution is -1.96. The molecule has 0 saturated carbocycles. The van der Waals surface area contributed by atoms with Gasteiger partial charge < -0.3 is 4.57 Å². The van der Waals surface area contributed by atoms with Crippen LogP contribution in [0.2, 0.25) is 0 Å². The van der Waals surface area contributed by atoms with Crippen molar-refractivity contribution in [3.8, 4) is 16.8 Å². The molecular weight excluding hydrogens is 406 g/mol. The minimum absolute atomic E-state index is 0.452. The summed E-state index contributed by atoms with van der Waals surface area (Å²) in [6, 6.07) is 18.7. The van der Waals surface area contributed by atoms with Crippen LogP contribution in [0.15, 0.2) is 76.6 Å². The highest BCUT2D eigenvalue weighted by Gasteiger charge is 2.18. The molecule has 3 nitrogen and oxygen atoms in total. The topological polar surface area (TPSA) is 30.7 Å². The zero-order valence-electron chi connectivity index (χ0n) is 14.6. The summed E-state index contributed by atoms with van der Waals surface area (Å²) in [6.45, 7) is 4.37. The maximum Gasteiger partial charge on any atom is 0.149 e. The van der Waals surface area contributed by atoms with Crippen LogP contribution in [0.1, 0.15) is 13.8 Å². The monoisotopic (exact) mass is 423 g/mol. The molecule has 4 rings (SSSR count). The fourth-order valence-electron chi connectivity index (χ4n) is 2.98. The van der Waals surface area contributed by atoms with E-state index in [2.05, 4.69) is 86.9 Å². The molecular formula is C21H18BrN3S. The summed E-state index contributed by atoms with van der Waals surface area (Å²) in [5.41, 5.74) is 4.35. The Kier molecular flexibility index (Phi) is 4.83. The second-order valence-corrected chi connectivity index (χ2v) is 8.78. The molecule has 0 saturated heterocycles. The Balaban J connectivity index is 2.01. The highest BCUT2D eigenvalue weighted by atomic mass is 79.9. The predicted octanol–water partition coefficient (Wildman–Crippen LogP) is 6.35. The first kappa shape index (κ1) is 17.3. The first-order valence-corrected chi connectivity index (χ1v) is 10.1. The van der Waals surface area contributed by atoms with Crippen LogP contribution in [0.4, 0.5) is 0 Å². The van der Waals surface area contributed by atoms with Crippen molar-refractivity contribution >= 4 is 38.7 Å². The highest BCUT2D eigenvalue weighted by Crippen LogP contribution is 2.37. The van der Waals surface area contributed by atoms with Gasteiger partial charge in [0.1, 0.15) is 17.0 Å². The van der Waals surface area contributed by atoms with Crippen LogP contribution in [0.25, 0.3) is 27.8 Å². The van der Waals surface area contributed by atoms with E-state index in [1.54, 1.807) is 18.1 Å². The van der Waals surface area contributed by atoms with Crippen molar-refractivity contribution in [3.63, 3.8) is 0 Å². The Bertz CT molecular complexity index is 1040. The van der Waals surface area contributed by atoms with Gasteiger partial charge in [0.15, 0.2) is 0 Å². The van der Waals surface area contributed by atoms with E-state index in [1.165, 1.54) is 5.56 Å². The van der Waals surface area contributed by atoms with Gasteiger partial charge in [0.05, 0.1) is 5.39 Å². The van der Waals surface area contributed by atoms with E-state index in [-0.39, 0.29) is 0 Å². The van der Waals surface area contributed by atoms with Crippen LogP contribution in [0.5, 0.6) is 0 Å². The minimum atomic E-state index is 0.452. The molecule has 0 radical (unpaired) electrons. The van der Waals surface area contributed by atoms with Gasteiger partial charge in [-0.15, -0.1) is 11.8 Å². The molecule has 26 heavy (non-hydrogen) atoms. The van der Waals surface area contributed by atoms with E-state index in [1.807, 2.05) is 18.2 Å². The fourth-order valence-corrected chi connectivity index (χ4v) is 4.12. The van der Waals surface area contributed by atoms with Crippen molar-refractivity contribution in [2.24, 2.45) is 0 Å². The maximum absolute atomic E-state index is 4.62. The summed E-state index contributed by atoms with van der Waals surface area (Å²) in [4.78, 5) is 9.21. The van der Waals surface area contributed by atoms with Crippen molar-refractivity contribution in [1.82, 2.24) is 14.5 Å². The zero-order chi connectivity index (χ0) is 18.1. The molecule has 0 aliphatic heterocycles. The SMILES string of the molecule is CC(C)Sc1ncnc2c1c(-c1ccccc1)cn2-c1ccc(Br)cc1. The number of halogens is 1. The Morgan fingerprint density at radius 2 is 1.69 bits per heavy atom. The van der Waals surface area contributed by atoms with E-state index in [0.717, 1.165) is 31.8 Å². The summed E-state index contributed by atoms with van der Waals surface area (Å²) < 4.78 is 3.21. The van der Waals surface area contributed by atoms with E-state index >= 15 is 0 Å². The molecule has 0 spiro atoms. The van der Waals surface area contributed by atoms with Gasteiger partial charge in [0, 0.05) is 27.2 Å². The van der Waals surface area contributed by atoms with Gasteiger partial charge in [0.25, 0.3) is 0 Å². The molecule has 2 heterocycles. The van der Waals surface area contributed by atoms with E-state index in [9.17, 15) is 0 Å². The zero-order valence-corrected chi connectivity index (χ0v) is 17.0. The molecule has 0 aliphatic carbocycles. The Labute approximate surface area is 165 Å². The van der Waals surface area contributed by atoms with Crippen molar-refractivity contribution in [1.29, 1.82) is 0 Å². The van der Waals surface area contributed by atoms with E-state index in [4.69, 9.17) is 0 Å². The first-order valence-electron chi connectivity index (χ1n) is 8.47. The van der Waals surface area contributed by atoms with Crippen LogP contribution >= 0.6 is 27.7 Å². The van der Waals surface area contributed by atoms with Gasteiger partial charge >= 0.3 is 0 Å². The summed E-state index contributed by atoms with van der Waals surface area (Å²) >= 11 is 5.29. The average molecular weight is 424 g/mol. The molecule has 0 unspecified atom stereocenters. The van der Waals surface area contributed by atoms with Crippen molar-refractivity contribution < 1.29 is 0 Å². The molecule has 5 heteroatoms. The molecule has 130 valence electrons. The third kappa shape index (κ3) is 3.29. The predicted molar refractivity (Wildman–Crippen MR) is 113 cm³/mol. The molecule has 0 amide bonds. The van der Waals surface area contributed by atoms with Crippen molar-refractivity contribution in [2.75, 3.05) is 0 Å². The van der Waals surface area contributed by atoms with Gasteiger partial charge in [-0.1, -0.05) is 60.1 Å². The number of benzene rings is 2. The molecule has 0 atom stereocenters. The number of rotatable bonds is 4. The normalized spacial score (nSPS) is 11.4. The highest BCUT2D eigenvalue weighted by molar-refractivity contribution is 9.10.